The summed E-state index contributed by atoms with van der Waals surface area (Å²) < 4.78 is 0. The molecule has 4 aliphatic carbocycles. The Morgan fingerprint density at radius 1 is 0.442 bits per heavy atom. The van der Waals surface area contributed by atoms with E-state index in [4.69, 9.17) is 0 Å². The van der Waals surface area contributed by atoms with E-state index in [1.54, 1.807) is 0 Å². The Bertz CT molecular complexity index is 893. The molecule has 244 valence electrons. The number of carbonyl (C=O) groups excluding carboxylic acids is 4. The van der Waals surface area contributed by atoms with Crippen LogP contribution in [-0.2, 0) is 19.2 Å². The van der Waals surface area contributed by atoms with Gasteiger partial charge in [0, 0.05) is 24.2 Å². The fourth-order valence-corrected chi connectivity index (χ4v) is 8.29. The highest BCUT2D eigenvalue weighted by molar-refractivity contribution is 6.10. The molecule has 8 unspecified atom stereocenters. The molecule has 0 aromatic rings. The van der Waals surface area contributed by atoms with Gasteiger partial charge in [0.2, 0.25) is 23.6 Å². The van der Waals surface area contributed by atoms with Crippen molar-refractivity contribution in [3.63, 3.8) is 0 Å². The number of amides is 4. The molecule has 0 heterocycles. The number of rotatable bonds is 10. The molecule has 0 aliphatic heterocycles. The van der Waals surface area contributed by atoms with Crippen molar-refractivity contribution in [3.8, 4) is 0 Å². The van der Waals surface area contributed by atoms with E-state index in [2.05, 4.69) is 49.0 Å². The van der Waals surface area contributed by atoms with Gasteiger partial charge in [-0.1, -0.05) is 79.1 Å². The van der Waals surface area contributed by atoms with Crippen LogP contribution in [0.5, 0.6) is 0 Å². The molecule has 43 heavy (non-hydrogen) atoms. The topological polar surface area (TPSA) is 116 Å². The lowest BCUT2D eigenvalue weighted by Crippen LogP contribution is -2.60. The van der Waals surface area contributed by atoms with Crippen LogP contribution in [0.15, 0.2) is 0 Å². The van der Waals surface area contributed by atoms with Gasteiger partial charge in [0.25, 0.3) is 0 Å². The third-order valence-electron chi connectivity index (χ3n) is 11.6. The Kier molecular flexibility index (Phi) is 12.4. The fourth-order valence-electron chi connectivity index (χ4n) is 8.29. The van der Waals surface area contributed by atoms with Crippen LogP contribution in [0.1, 0.15) is 143 Å². The first-order chi connectivity index (χ1) is 20.6. The van der Waals surface area contributed by atoms with E-state index >= 15 is 0 Å². The molecule has 4 saturated carbocycles. The third kappa shape index (κ3) is 8.97. The summed E-state index contributed by atoms with van der Waals surface area (Å²) >= 11 is 0. The summed E-state index contributed by atoms with van der Waals surface area (Å²) in [4.78, 5) is 56.6. The molecular formula is C35H60N4O4. The second-order valence-corrected chi connectivity index (χ2v) is 15.0. The van der Waals surface area contributed by atoms with Crippen LogP contribution in [0.25, 0.3) is 0 Å². The van der Waals surface area contributed by atoms with Crippen LogP contribution >= 0.6 is 0 Å². The highest BCUT2D eigenvalue weighted by Gasteiger charge is 2.51. The predicted molar refractivity (Wildman–Crippen MR) is 170 cm³/mol. The monoisotopic (exact) mass is 600 g/mol. The maximum Gasteiger partial charge on any atom is 0.236 e. The van der Waals surface area contributed by atoms with Gasteiger partial charge in [-0.3, -0.25) is 19.2 Å². The summed E-state index contributed by atoms with van der Waals surface area (Å²) in [5.41, 5.74) is -1.81. The summed E-state index contributed by atoms with van der Waals surface area (Å²) in [6.07, 6.45) is 15.7. The fraction of sp³-hybridized carbons (Fsp3) is 0.886. The Balaban J connectivity index is 1.63. The number of hydrogen-bond acceptors (Lipinski definition) is 4. The summed E-state index contributed by atoms with van der Waals surface area (Å²) in [6, 6.07) is -0.0767. The van der Waals surface area contributed by atoms with E-state index in [9.17, 15) is 19.2 Å². The molecule has 8 atom stereocenters. The summed E-state index contributed by atoms with van der Waals surface area (Å²) in [7, 11) is 0. The molecule has 4 N–H and O–H groups in total. The summed E-state index contributed by atoms with van der Waals surface area (Å²) in [5.74, 6) is -0.297. The van der Waals surface area contributed by atoms with E-state index in [0.717, 1.165) is 103 Å². The quantitative estimate of drug-likeness (QED) is 0.247. The molecule has 0 aromatic heterocycles. The first-order valence-electron chi connectivity index (χ1n) is 17.8. The summed E-state index contributed by atoms with van der Waals surface area (Å²) in [6.45, 7) is 8.60. The minimum absolute atomic E-state index is 0.0266. The van der Waals surface area contributed by atoms with Crippen LogP contribution in [0, 0.1) is 29.1 Å². The highest BCUT2D eigenvalue weighted by atomic mass is 16.2. The molecule has 0 radical (unpaired) electrons. The van der Waals surface area contributed by atoms with Crippen molar-refractivity contribution in [2.45, 2.75) is 167 Å². The molecule has 4 rings (SSSR count). The van der Waals surface area contributed by atoms with Crippen LogP contribution in [0.3, 0.4) is 0 Å². The van der Waals surface area contributed by atoms with E-state index in [1.165, 1.54) is 0 Å². The normalized spacial score (nSPS) is 34.7. The van der Waals surface area contributed by atoms with Gasteiger partial charge in [0.05, 0.1) is 12.8 Å². The van der Waals surface area contributed by atoms with Crippen molar-refractivity contribution in [2.24, 2.45) is 29.1 Å². The maximum atomic E-state index is 14.5. The van der Waals surface area contributed by atoms with E-state index in [1.807, 2.05) is 0 Å². The SMILES string of the molecule is CC1CCCCC1NC(=O)CC(CC(=O)NC1CCCCC1C)(C(=O)NC1CCCCC1C)C(=O)NC1CCCCC1C. The van der Waals surface area contributed by atoms with Crippen molar-refractivity contribution in [1.82, 2.24) is 21.3 Å². The Morgan fingerprint density at radius 3 is 0.977 bits per heavy atom. The highest BCUT2D eigenvalue weighted by Crippen LogP contribution is 2.34. The van der Waals surface area contributed by atoms with Crippen molar-refractivity contribution < 1.29 is 19.2 Å². The second-order valence-electron chi connectivity index (χ2n) is 15.0. The Labute approximate surface area is 260 Å². The smallest absolute Gasteiger partial charge is 0.236 e. The van der Waals surface area contributed by atoms with Gasteiger partial charge in [-0.05, 0) is 75.0 Å². The zero-order valence-corrected chi connectivity index (χ0v) is 27.5. The standard InChI is InChI=1S/C35H60N4O4/c1-23-13-5-9-17-27(23)36-31(40)21-35(33(42)38-29-19-11-7-15-25(29)3,34(43)39-30-20-12-8-16-26(30)4)22-32(41)37-28-18-10-6-14-24(28)2/h23-30H,5-22H2,1-4H3,(H,36,40)(H,37,41)(H,38,42)(H,39,43). The van der Waals surface area contributed by atoms with Crippen molar-refractivity contribution >= 4 is 23.6 Å². The summed E-state index contributed by atoms with van der Waals surface area (Å²) in [5, 5.41) is 12.8. The maximum absolute atomic E-state index is 14.5. The van der Waals surface area contributed by atoms with Gasteiger partial charge in [-0.15, -0.1) is 0 Å². The zero-order valence-electron chi connectivity index (χ0n) is 27.5. The predicted octanol–water partition coefficient (Wildman–Crippen LogP) is 5.53. The van der Waals surface area contributed by atoms with Gasteiger partial charge >= 0.3 is 0 Å². The molecule has 8 heteroatoms. The Morgan fingerprint density at radius 2 is 0.698 bits per heavy atom. The van der Waals surface area contributed by atoms with E-state index < -0.39 is 17.2 Å². The van der Waals surface area contributed by atoms with Gasteiger partial charge in [0.15, 0.2) is 0 Å². The van der Waals surface area contributed by atoms with Crippen molar-refractivity contribution in [3.05, 3.63) is 0 Å². The molecule has 0 bridgehead atoms. The average Bonchev–Trinajstić information content (AvgIpc) is 2.97. The van der Waals surface area contributed by atoms with Crippen LogP contribution in [0.2, 0.25) is 0 Å². The van der Waals surface area contributed by atoms with E-state index in [0.29, 0.717) is 11.8 Å². The molecule has 8 nitrogen and oxygen atoms in total. The van der Waals surface area contributed by atoms with Crippen LogP contribution in [-0.4, -0.2) is 47.8 Å². The van der Waals surface area contributed by atoms with Gasteiger partial charge < -0.3 is 21.3 Å². The Hall–Kier alpha value is -2.12. The number of nitrogens with one attached hydrogen (secondary N) is 4. The number of carbonyl (C=O) groups is 4. The molecule has 4 amide bonds. The van der Waals surface area contributed by atoms with Crippen molar-refractivity contribution in [2.75, 3.05) is 0 Å². The first kappa shape index (κ1) is 33.8. The zero-order chi connectivity index (χ0) is 31.0. The minimum Gasteiger partial charge on any atom is -0.353 e. The second kappa shape index (κ2) is 15.7. The molecule has 4 aliphatic rings. The van der Waals surface area contributed by atoms with E-state index in [-0.39, 0.29) is 60.7 Å². The largest absolute Gasteiger partial charge is 0.353 e. The lowest BCUT2D eigenvalue weighted by molar-refractivity contribution is -0.152. The molecule has 0 aromatic carbocycles. The molecule has 4 fully saturated rings. The third-order valence-corrected chi connectivity index (χ3v) is 11.6. The minimum atomic E-state index is -1.81. The van der Waals surface area contributed by atoms with Crippen molar-refractivity contribution in [1.29, 1.82) is 0 Å². The molecular weight excluding hydrogens is 540 g/mol. The molecule has 0 spiro atoms. The van der Waals surface area contributed by atoms with Gasteiger partial charge in [-0.25, -0.2) is 0 Å². The van der Waals surface area contributed by atoms with Crippen LogP contribution < -0.4 is 21.3 Å². The number of hydrogen-bond donors (Lipinski definition) is 4. The van der Waals surface area contributed by atoms with Gasteiger partial charge in [-0.2, -0.15) is 0 Å². The average molecular weight is 601 g/mol. The van der Waals surface area contributed by atoms with Crippen LogP contribution in [0.4, 0.5) is 0 Å². The lowest BCUT2D eigenvalue weighted by Gasteiger charge is -2.39. The molecule has 0 saturated heterocycles. The lowest BCUT2D eigenvalue weighted by atomic mass is 9.75. The van der Waals surface area contributed by atoms with Gasteiger partial charge in [0.1, 0.15) is 5.41 Å². The first-order valence-corrected chi connectivity index (χ1v) is 17.8.